The highest BCUT2D eigenvalue weighted by Crippen LogP contribution is 2.20. The van der Waals surface area contributed by atoms with Crippen LogP contribution in [0, 0.1) is 5.41 Å². The molecule has 0 aliphatic rings. The molecule has 0 bridgehead atoms. The van der Waals surface area contributed by atoms with E-state index >= 15 is 0 Å². The summed E-state index contributed by atoms with van der Waals surface area (Å²) in [6.07, 6.45) is 0. The van der Waals surface area contributed by atoms with Crippen molar-refractivity contribution in [2.24, 2.45) is 0 Å². The third-order valence-electron chi connectivity index (χ3n) is 3.32. The summed E-state index contributed by atoms with van der Waals surface area (Å²) in [5, 5.41) is 8.26. The second-order valence-electron chi connectivity index (χ2n) is 4.58. The summed E-state index contributed by atoms with van der Waals surface area (Å²) in [6.45, 7) is 0. The van der Waals surface area contributed by atoms with Gasteiger partial charge in [-0.1, -0.05) is 60.7 Å². The van der Waals surface area contributed by atoms with Crippen LogP contribution in [0.3, 0.4) is 0 Å². The zero-order chi connectivity index (χ0) is 13.9. The van der Waals surface area contributed by atoms with Crippen molar-refractivity contribution >= 4 is 0 Å². The molecule has 2 aromatic carbocycles. The number of nitrogens with zero attached hydrogens (tertiary/aromatic N) is 1. The first-order valence-electron chi connectivity index (χ1n) is 6.44. The fourth-order valence-corrected chi connectivity index (χ4v) is 2.27. The van der Waals surface area contributed by atoms with Gasteiger partial charge in [0.25, 0.3) is 0 Å². The number of nitrogens with one attached hydrogen (secondary N) is 1. The van der Waals surface area contributed by atoms with E-state index in [9.17, 15) is 0 Å². The van der Waals surface area contributed by atoms with Crippen molar-refractivity contribution in [3.63, 3.8) is 0 Å². The number of rotatable bonds is 2. The number of hydrogen-bond acceptors (Lipinski definition) is 2. The van der Waals surface area contributed by atoms with Gasteiger partial charge in [0.1, 0.15) is 0 Å². The van der Waals surface area contributed by atoms with Gasteiger partial charge in [-0.25, -0.2) is 4.68 Å². The quantitative estimate of drug-likeness (QED) is 0.684. The van der Waals surface area contributed by atoms with Gasteiger partial charge >= 0.3 is 0 Å². The van der Waals surface area contributed by atoms with Crippen molar-refractivity contribution in [2.75, 3.05) is 5.84 Å². The predicted molar refractivity (Wildman–Crippen MR) is 81.3 cm³/mol. The lowest BCUT2D eigenvalue weighted by Crippen LogP contribution is -2.29. The summed E-state index contributed by atoms with van der Waals surface area (Å²) in [6, 6.07) is 23.6. The van der Waals surface area contributed by atoms with E-state index in [1.165, 1.54) is 4.68 Å². The van der Waals surface area contributed by atoms with Crippen molar-refractivity contribution in [1.82, 2.24) is 4.68 Å². The number of pyridine rings is 1. The molecule has 3 N–H and O–H groups in total. The molecular weight excluding hydrogens is 246 g/mol. The Morgan fingerprint density at radius 2 is 1.25 bits per heavy atom. The molecule has 20 heavy (non-hydrogen) atoms. The Balaban J connectivity index is 2.16. The predicted octanol–water partition coefficient (Wildman–Crippen LogP) is 3.02. The van der Waals surface area contributed by atoms with Gasteiger partial charge < -0.3 is 5.84 Å². The molecule has 0 aliphatic heterocycles. The van der Waals surface area contributed by atoms with Crippen LogP contribution in [0.25, 0.3) is 22.4 Å². The zero-order valence-corrected chi connectivity index (χ0v) is 11.0. The first-order chi connectivity index (χ1) is 9.77. The number of hydrogen-bond donors (Lipinski definition) is 2. The lowest BCUT2D eigenvalue weighted by Gasteiger charge is -2.12. The number of benzene rings is 2. The highest BCUT2D eigenvalue weighted by Gasteiger charge is 2.07. The molecule has 98 valence electrons. The van der Waals surface area contributed by atoms with Crippen LogP contribution in [0.4, 0.5) is 0 Å². The largest absolute Gasteiger partial charge is 0.337 e. The second kappa shape index (κ2) is 5.05. The average molecular weight is 261 g/mol. The molecular formula is C17H15N3. The van der Waals surface area contributed by atoms with Crippen molar-refractivity contribution in [3.05, 3.63) is 78.3 Å². The van der Waals surface area contributed by atoms with Gasteiger partial charge in [-0.3, -0.25) is 5.41 Å². The molecule has 0 unspecified atom stereocenters. The monoisotopic (exact) mass is 261 g/mol. The van der Waals surface area contributed by atoms with Gasteiger partial charge in [0.15, 0.2) is 5.49 Å². The molecule has 0 fully saturated rings. The minimum atomic E-state index is 0.303. The summed E-state index contributed by atoms with van der Waals surface area (Å²) in [4.78, 5) is 0. The van der Waals surface area contributed by atoms with E-state index in [-0.39, 0.29) is 0 Å². The smallest absolute Gasteiger partial charge is 0.151 e. The minimum Gasteiger partial charge on any atom is -0.337 e. The van der Waals surface area contributed by atoms with Crippen LogP contribution in [-0.4, -0.2) is 4.68 Å². The molecule has 0 amide bonds. The standard InChI is InChI=1S/C17H15N3/c18-17-15(13-7-3-1-4-8-13)11-12-16(20(17)19)14-9-5-2-6-10-14/h1-12,18H,19H2. The maximum atomic E-state index is 8.26. The molecule has 0 saturated carbocycles. The Morgan fingerprint density at radius 3 is 1.85 bits per heavy atom. The lowest BCUT2D eigenvalue weighted by atomic mass is 10.1. The van der Waals surface area contributed by atoms with E-state index in [0.29, 0.717) is 5.49 Å². The Kier molecular flexibility index (Phi) is 3.09. The number of aromatic nitrogens is 1. The van der Waals surface area contributed by atoms with Crippen LogP contribution in [-0.2, 0) is 0 Å². The average Bonchev–Trinajstić information content (AvgIpc) is 2.52. The van der Waals surface area contributed by atoms with E-state index in [0.717, 1.165) is 22.4 Å². The molecule has 1 aromatic heterocycles. The summed E-state index contributed by atoms with van der Waals surface area (Å²) in [5.41, 5.74) is 3.96. The maximum Gasteiger partial charge on any atom is 0.151 e. The Labute approximate surface area is 117 Å². The third-order valence-corrected chi connectivity index (χ3v) is 3.32. The van der Waals surface area contributed by atoms with Crippen molar-refractivity contribution < 1.29 is 0 Å². The van der Waals surface area contributed by atoms with Gasteiger partial charge in [-0.2, -0.15) is 0 Å². The molecule has 3 aromatic rings. The zero-order valence-electron chi connectivity index (χ0n) is 11.0. The summed E-state index contributed by atoms with van der Waals surface area (Å²) in [7, 11) is 0. The SMILES string of the molecule is N=c1c(-c2ccccc2)ccc(-c2ccccc2)n1N. The van der Waals surface area contributed by atoms with Crippen LogP contribution in [0.15, 0.2) is 72.8 Å². The fraction of sp³-hybridized carbons (Fsp3) is 0. The summed E-state index contributed by atoms with van der Waals surface area (Å²) in [5.74, 6) is 6.08. The maximum absolute atomic E-state index is 8.26. The molecule has 0 spiro atoms. The molecule has 0 aliphatic carbocycles. The van der Waals surface area contributed by atoms with Gasteiger partial charge in [-0.05, 0) is 17.7 Å². The van der Waals surface area contributed by atoms with E-state index < -0.39 is 0 Å². The summed E-state index contributed by atoms with van der Waals surface area (Å²) < 4.78 is 1.43. The Morgan fingerprint density at radius 1 is 0.700 bits per heavy atom. The van der Waals surface area contributed by atoms with E-state index in [2.05, 4.69) is 0 Å². The van der Waals surface area contributed by atoms with Crippen LogP contribution >= 0.6 is 0 Å². The number of nitrogens with two attached hydrogens (primary N) is 1. The van der Waals surface area contributed by atoms with Crippen LogP contribution < -0.4 is 11.3 Å². The lowest BCUT2D eigenvalue weighted by molar-refractivity contribution is 0.893. The Bertz CT molecular complexity index is 774. The van der Waals surface area contributed by atoms with Crippen molar-refractivity contribution in [3.8, 4) is 22.4 Å². The molecule has 3 heteroatoms. The molecule has 0 saturated heterocycles. The van der Waals surface area contributed by atoms with Gasteiger partial charge in [0.2, 0.25) is 0 Å². The Hall–Kier alpha value is -2.81. The van der Waals surface area contributed by atoms with Crippen LogP contribution in [0.1, 0.15) is 0 Å². The van der Waals surface area contributed by atoms with Crippen LogP contribution in [0.2, 0.25) is 0 Å². The summed E-state index contributed by atoms with van der Waals surface area (Å²) >= 11 is 0. The minimum absolute atomic E-state index is 0.303. The fourth-order valence-electron chi connectivity index (χ4n) is 2.27. The molecule has 0 atom stereocenters. The van der Waals surface area contributed by atoms with Crippen molar-refractivity contribution in [2.45, 2.75) is 0 Å². The third kappa shape index (κ3) is 2.10. The molecule has 3 rings (SSSR count). The molecule has 1 heterocycles. The van der Waals surface area contributed by atoms with E-state index in [4.69, 9.17) is 11.3 Å². The highest BCUT2D eigenvalue weighted by molar-refractivity contribution is 5.66. The van der Waals surface area contributed by atoms with Gasteiger partial charge in [0.05, 0.1) is 5.69 Å². The second-order valence-corrected chi connectivity index (χ2v) is 4.58. The molecule has 0 radical (unpaired) electrons. The first-order valence-corrected chi connectivity index (χ1v) is 6.44. The van der Waals surface area contributed by atoms with E-state index in [1.54, 1.807) is 0 Å². The van der Waals surface area contributed by atoms with E-state index in [1.807, 2.05) is 72.8 Å². The van der Waals surface area contributed by atoms with Crippen LogP contribution in [0.5, 0.6) is 0 Å². The topological polar surface area (TPSA) is 54.8 Å². The highest BCUT2D eigenvalue weighted by atomic mass is 15.3. The number of nitrogen functional groups attached to an aromatic ring is 1. The van der Waals surface area contributed by atoms with Gasteiger partial charge in [-0.15, -0.1) is 0 Å². The normalized spacial score (nSPS) is 10.4. The first kappa shape index (κ1) is 12.2. The van der Waals surface area contributed by atoms with Crippen molar-refractivity contribution in [1.29, 1.82) is 5.41 Å². The molecule has 3 nitrogen and oxygen atoms in total. The van der Waals surface area contributed by atoms with Gasteiger partial charge in [0, 0.05) is 11.1 Å².